The Morgan fingerprint density at radius 2 is 1.93 bits per heavy atom. The summed E-state index contributed by atoms with van der Waals surface area (Å²) < 4.78 is 0. The maximum Gasteiger partial charge on any atom is 0.162 e. The molecule has 0 saturated carbocycles. The first-order chi connectivity index (χ1) is 6.77. The van der Waals surface area contributed by atoms with Crippen molar-refractivity contribution in [2.24, 2.45) is 5.73 Å². The van der Waals surface area contributed by atoms with Gasteiger partial charge < -0.3 is 5.73 Å². The SMILES string of the molecule is CCC(=O)c1ccc(CCCN)cc1. The van der Waals surface area contributed by atoms with Crippen molar-refractivity contribution in [1.29, 1.82) is 0 Å². The van der Waals surface area contributed by atoms with Gasteiger partial charge >= 0.3 is 0 Å². The van der Waals surface area contributed by atoms with Crippen molar-refractivity contribution in [2.45, 2.75) is 26.2 Å². The molecule has 0 amide bonds. The Bertz CT molecular complexity index is 290. The molecule has 0 atom stereocenters. The van der Waals surface area contributed by atoms with E-state index in [4.69, 9.17) is 5.73 Å². The lowest BCUT2D eigenvalue weighted by Crippen LogP contribution is -2.01. The quantitative estimate of drug-likeness (QED) is 0.725. The third-order valence-electron chi connectivity index (χ3n) is 2.27. The molecule has 0 bridgehead atoms. The van der Waals surface area contributed by atoms with Crippen LogP contribution in [0.25, 0.3) is 0 Å². The average Bonchev–Trinajstić information content (AvgIpc) is 2.26. The number of nitrogens with two attached hydrogens (primary N) is 1. The number of hydrogen-bond acceptors (Lipinski definition) is 2. The highest BCUT2D eigenvalue weighted by Crippen LogP contribution is 2.08. The zero-order chi connectivity index (χ0) is 10.4. The Labute approximate surface area is 85.1 Å². The molecule has 0 radical (unpaired) electrons. The summed E-state index contributed by atoms with van der Waals surface area (Å²) in [7, 11) is 0. The fraction of sp³-hybridized carbons (Fsp3) is 0.417. The van der Waals surface area contributed by atoms with Gasteiger partial charge in [-0.2, -0.15) is 0 Å². The smallest absolute Gasteiger partial charge is 0.162 e. The average molecular weight is 191 g/mol. The lowest BCUT2D eigenvalue weighted by molar-refractivity contribution is 0.0988. The molecule has 0 aliphatic rings. The molecule has 0 spiro atoms. The summed E-state index contributed by atoms with van der Waals surface area (Å²) in [6.07, 6.45) is 2.57. The second kappa shape index (κ2) is 5.55. The van der Waals surface area contributed by atoms with Gasteiger partial charge in [0.1, 0.15) is 0 Å². The highest BCUT2D eigenvalue weighted by molar-refractivity contribution is 5.95. The van der Waals surface area contributed by atoms with Gasteiger partial charge in [0.05, 0.1) is 0 Å². The summed E-state index contributed by atoms with van der Waals surface area (Å²) in [4.78, 5) is 11.3. The minimum atomic E-state index is 0.204. The Hall–Kier alpha value is -1.15. The second-order valence-electron chi connectivity index (χ2n) is 3.37. The molecule has 0 saturated heterocycles. The van der Waals surface area contributed by atoms with Gasteiger partial charge in [-0.15, -0.1) is 0 Å². The summed E-state index contributed by atoms with van der Waals surface area (Å²) >= 11 is 0. The van der Waals surface area contributed by atoms with Gasteiger partial charge in [-0.05, 0) is 24.9 Å². The van der Waals surface area contributed by atoms with Gasteiger partial charge in [0, 0.05) is 12.0 Å². The minimum absolute atomic E-state index is 0.204. The normalized spacial score (nSPS) is 10.1. The maximum atomic E-state index is 11.3. The molecule has 0 heterocycles. The van der Waals surface area contributed by atoms with E-state index in [1.54, 1.807) is 0 Å². The van der Waals surface area contributed by atoms with Crippen LogP contribution in [0.5, 0.6) is 0 Å². The highest BCUT2D eigenvalue weighted by Gasteiger charge is 2.01. The predicted octanol–water partition coefficient (Wildman–Crippen LogP) is 2.17. The van der Waals surface area contributed by atoms with Crippen LogP contribution in [0.4, 0.5) is 0 Å². The molecule has 1 rings (SSSR count). The largest absolute Gasteiger partial charge is 0.330 e. The minimum Gasteiger partial charge on any atom is -0.330 e. The molecule has 14 heavy (non-hydrogen) atoms. The van der Waals surface area contributed by atoms with E-state index >= 15 is 0 Å². The molecular formula is C12H17NO. The van der Waals surface area contributed by atoms with Crippen LogP contribution in [-0.4, -0.2) is 12.3 Å². The summed E-state index contributed by atoms with van der Waals surface area (Å²) in [6.45, 7) is 2.60. The van der Waals surface area contributed by atoms with Crippen LogP contribution in [0.2, 0.25) is 0 Å². The lowest BCUT2D eigenvalue weighted by Gasteiger charge is -2.01. The van der Waals surface area contributed by atoms with E-state index in [1.165, 1.54) is 5.56 Å². The third kappa shape index (κ3) is 2.96. The van der Waals surface area contributed by atoms with E-state index in [2.05, 4.69) is 0 Å². The molecule has 1 aromatic carbocycles. The predicted molar refractivity (Wildman–Crippen MR) is 58.4 cm³/mol. The van der Waals surface area contributed by atoms with Gasteiger partial charge in [0.25, 0.3) is 0 Å². The fourth-order valence-corrected chi connectivity index (χ4v) is 1.37. The van der Waals surface area contributed by atoms with Crippen LogP contribution in [0.15, 0.2) is 24.3 Å². The molecule has 0 aliphatic heterocycles. The molecule has 1 aromatic rings. The van der Waals surface area contributed by atoms with Crippen molar-refractivity contribution in [2.75, 3.05) is 6.54 Å². The summed E-state index contributed by atoms with van der Waals surface area (Å²) in [6, 6.07) is 7.83. The Balaban J connectivity index is 2.63. The summed E-state index contributed by atoms with van der Waals surface area (Å²) in [5.74, 6) is 0.204. The van der Waals surface area contributed by atoms with E-state index in [-0.39, 0.29) is 5.78 Å². The van der Waals surface area contributed by atoms with Crippen molar-refractivity contribution in [1.82, 2.24) is 0 Å². The van der Waals surface area contributed by atoms with Crippen LogP contribution in [0, 0.1) is 0 Å². The molecule has 0 unspecified atom stereocenters. The van der Waals surface area contributed by atoms with Crippen LogP contribution in [0.1, 0.15) is 35.7 Å². The maximum absolute atomic E-state index is 11.3. The number of carbonyl (C=O) groups excluding carboxylic acids is 1. The molecule has 2 heteroatoms. The number of ketones is 1. The Kier molecular flexibility index (Phi) is 4.33. The van der Waals surface area contributed by atoms with Gasteiger partial charge in [-0.3, -0.25) is 4.79 Å². The van der Waals surface area contributed by atoms with E-state index in [0.29, 0.717) is 6.42 Å². The number of hydrogen-bond donors (Lipinski definition) is 1. The number of benzene rings is 1. The van der Waals surface area contributed by atoms with Crippen molar-refractivity contribution >= 4 is 5.78 Å². The van der Waals surface area contributed by atoms with Crippen LogP contribution >= 0.6 is 0 Å². The molecular weight excluding hydrogens is 174 g/mol. The van der Waals surface area contributed by atoms with Crippen molar-refractivity contribution in [3.8, 4) is 0 Å². The van der Waals surface area contributed by atoms with Gasteiger partial charge in [-0.1, -0.05) is 31.2 Å². The van der Waals surface area contributed by atoms with E-state index in [9.17, 15) is 4.79 Å². The van der Waals surface area contributed by atoms with Gasteiger partial charge in [0.15, 0.2) is 5.78 Å². The molecule has 2 nitrogen and oxygen atoms in total. The zero-order valence-electron chi connectivity index (χ0n) is 8.62. The van der Waals surface area contributed by atoms with Crippen LogP contribution < -0.4 is 5.73 Å². The Morgan fingerprint density at radius 3 is 2.43 bits per heavy atom. The molecule has 0 fully saturated rings. The van der Waals surface area contributed by atoms with Gasteiger partial charge in [0.2, 0.25) is 0 Å². The molecule has 0 aromatic heterocycles. The standard InChI is InChI=1S/C12H17NO/c1-2-12(14)11-7-5-10(6-8-11)4-3-9-13/h5-8H,2-4,9,13H2,1H3. The first kappa shape index (κ1) is 10.9. The van der Waals surface area contributed by atoms with E-state index < -0.39 is 0 Å². The number of aryl methyl sites for hydroxylation is 1. The fourth-order valence-electron chi connectivity index (χ4n) is 1.37. The zero-order valence-corrected chi connectivity index (χ0v) is 8.62. The molecule has 76 valence electrons. The molecule has 2 N–H and O–H groups in total. The van der Waals surface area contributed by atoms with E-state index in [0.717, 1.165) is 24.9 Å². The number of carbonyl (C=O) groups is 1. The van der Waals surface area contributed by atoms with Crippen LogP contribution in [-0.2, 0) is 6.42 Å². The second-order valence-corrected chi connectivity index (χ2v) is 3.37. The first-order valence-electron chi connectivity index (χ1n) is 5.10. The topological polar surface area (TPSA) is 43.1 Å². The van der Waals surface area contributed by atoms with E-state index in [1.807, 2.05) is 31.2 Å². The Morgan fingerprint density at radius 1 is 1.29 bits per heavy atom. The first-order valence-corrected chi connectivity index (χ1v) is 5.10. The highest BCUT2D eigenvalue weighted by atomic mass is 16.1. The van der Waals surface area contributed by atoms with Crippen molar-refractivity contribution in [3.63, 3.8) is 0 Å². The summed E-state index contributed by atoms with van der Waals surface area (Å²) in [5, 5.41) is 0. The summed E-state index contributed by atoms with van der Waals surface area (Å²) in [5.41, 5.74) is 7.48. The number of rotatable bonds is 5. The van der Waals surface area contributed by atoms with Gasteiger partial charge in [-0.25, -0.2) is 0 Å². The monoisotopic (exact) mass is 191 g/mol. The van der Waals surface area contributed by atoms with Crippen LogP contribution in [0.3, 0.4) is 0 Å². The van der Waals surface area contributed by atoms with Crippen molar-refractivity contribution in [3.05, 3.63) is 35.4 Å². The third-order valence-corrected chi connectivity index (χ3v) is 2.27. The lowest BCUT2D eigenvalue weighted by atomic mass is 10.0. The van der Waals surface area contributed by atoms with Crippen molar-refractivity contribution < 1.29 is 4.79 Å². The number of Topliss-reactive ketones (excluding diaryl/α,β-unsaturated/α-hetero) is 1. The molecule has 0 aliphatic carbocycles.